The Morgan fingerprint density at radius 1 is 1.36 bits per heavy atom. The van der Waals surface area contributed by atoms with Crippen molar-refractivity contribution in [2.75, 3.05) is 26.3 Å². The average Bonchev–Trinajstić information content (AvgIpc) is 3.33. The zero-order valence-electron chi connectivity index (χ0n) is 15.5. The minimum absolute atomic E-state index is 0. The van der Waals surface area contributed by atoms with Gasteiger partial charge in [-0.15, -0.1) is 24.0 Å². The van der Waals surface area contributed by atoms with E-state index in [9.17, 15) is 0 Å². The molecule has 1 atom stereocenters. The molecule has 0 aliphatic heterocycles. The summed E-state index contributed by atoms with van der Waals surface area (Å²) in [5.74, 6) is 0.868. The SMILES string of the molecule is CCNC(=NCC1(CCOCC)CC1)NC(C)c1cccc(Cl)c1.I. The summed E-state index contributed by atoms with van der Waals surface area (Å²) in [7, 11) is 0. The first-order valence-corrected chi connectivity index (χ1v) is 9.34. The van der Waals surface area contributed by atoms with Gasteiger partial charge in [0.2, 0.25) is 0 Å². The van der Waals surface area contributed by atoms with Crippen molar-refractivity contribution in [2.24, 2.45) is 10.4 Å². The van der Waals surface area contributed by atoms with E-state index >= 15 is 0 Å². The van der Waals surface area contributed by atoms with Gasteiger partial charge in [0.15, 0.2) is 5.96 Å². The van der Waals surface area contributed by atoms with Crippen LogP contribution in [0.1, 0.15) is 51.6 Å². The molecule has 0 spiro atoms. The van der Waals surface area contributed by atoms with Gasteiger partial charge in [-0.2, -0.15) is 0 Å². The Morgan fingerprint density at radius 2 is 2.12 bits per heavy atom. The second-order valence-electron chi connectivity index (χ2n) is 6.56. The number of ether oxygens (including phenoxy) is 1. The van der Waals surface area contributed by atoms with Crippen molar-refractivity contribution >= 4 is 41.5 Å². The van der Waals surface area contributed by atoms with Gasteiger partial charge < -0.3 is 15.4 Å². The van der Waals surface area contributed by atoms with Crippen LogP contribution in [0.25, 0.3) is 0 Å². The Bertz CT molecular complexity index is 549. The maximum absolute atomic E-state index is 6.09. The van der Waals surface area contributed by atoms with Crippen molar-refractivity contribution in [3.63, 3.8) is 0 Å². The molecule has 1 unspecified atom stereocenters. The second kappa shape index (κ2) is 11.2. The van der Waals surface area contributed by atoms with Gasteiger partial charge in [-0.3, -0.25) is 4.99 Å². The number of benzene rings is 1. The monoisotopic (exact) mass is 479 g/mol. The molecule has 1 aliphatic rings. The molecule has 1 fully saturated rings. The molecule has 6 heteroatoms. The molecule has 2 rings (SSSR count). The number of guanidine groups is 1. The summed E-state index contributed by atoms with van der Waals surface area (Å²) in [5.41, 5.74) is 1.52. The fraction of sp³-hybridized carbons (Fsp3) is 0.632. The van der Waals surface area contributed by atoms with Crippen LogP contribution < -0.4 is 10.6 Å². The van der Waals surface area contributed by atoms with Crippen LogP contribution in [-0.2, 0) is 4.74 Å². The van der Waals surface area contributed by atoms with Gasteiger partial charge in [0.25, 0.3) is 0 Å². The van der Waals surface area contributed by atoms with Crippen molar-refractivity contribution in [1.82, 2.24) is 10.6 Å². The topological polar surface area (TPSA) is 45.7 Å². The lowest BCUT2D eigenvalue weighted by Gasteiger charge is -2.20. The largest absolute Gasteiger partial charge is 0.382 e. The minimum Gasteiger partial charge on any atom is -0.382 e. The molecule has 0 bridgehead atoms. The summed E-state index contributed by atoms with van der Waals surface area (Å²) >= 11 is 6.09. The van der Waals surface area contributed by atoms with Crippen molar-refractivity contribution in [2.45, 2.75) is 46.1 Å². The summed E-state index contributed by atoms with van der Waals surface area (Å²) < 4.78 is 5.51. The van der Waals surface area contributed by atoms with E-state index in [1.807, 2.05) is 25.1 Å². The number of hydrogen-bond acceptors (Lipinski definition) is 2. The van der Waals surface area contributed by atoms with Gasteiger partial charge >= 0.3 is 0 Å². The molecule has 0 heterocycles. The van der Waals surface area contributed by atoms with Crippen LogP contribution in [0, 0.1) is 5.41 Å². The Hall–Kier alpha value is -0.530. The van der Waals surface area contributed by atoms with E-state index in [0.717, 1.165) is 49.3 Å². The Labute approximate surface area is 174 Å². The normalized spacial score (nSPS) is 16.7. The third-order valence-corrected chi connectivity index (χ3v) is 4.79. The summed E-state index contributed by atoms with van der Waals surface area (Å²) in [4.78, 5) is 4.82. The van der Waals surface area contributed by atoms with E-state index in [0.29, 0.717) is 5.41 Å². The predicted octanol–water partition coefficient (Wildman–Crippen LogP) is 4.78. The first kappa shape index (κ1) is 22.5. The van der Waals surface area contributed by atoms with Gasteiger partial charge in [0.05, 0.1) is 6.04 Å². The van der Waals surface area contributed by atoms with Crippen LogP contribution in [0.4, 0.5) is 0 Å². The number of halogens is 2. The molecular weight excluding hydrogens is 449 g/mol. The van der Waals surface area contributed by atoms with Gasteiger partial charge in [0.1, 0.15) is 0 Å². The van der Waals surface area contributed by atoms with Crippen LogP contribution in [0.3, 0.4) is 0 Å². The lowest BCUT2D eigenvalue weighted by atomic mass is 10.0. The maximum Gasteiger partial charge on any atom is 0.191 e. The number of aliphatic imine (C=N–C) groups is 1. The maximum atomic E-state index is 6.09. The van der Waals surface area contributed by atoms with Crippen molar-refractivity contribution < 1.29 is 4.74 Å². The molecule has 0 amide bonds. The Kier molecular flexibility index (Phi) is 10.1. The van der Waals surface area contributed by atoms with Crippen LogP contribution in [0.15, 0.2) is 29.3 Å². The first-order chi connectivity index (χ1) is 11.6. The second-order valence-corrected chi connectivity index (χ2v) is 7.00. The molecule has 1 aromatic rings. The van der Waals surface area contributed by atoms with Crippen molar-refractivity contribution in [3.8, 4) is 0 Å². The number of hydrogen-bond donors (Lipinski definition) is 2. The molecule has 0 aromatic heterocycles. The highest BCUT2D eigenvalue weighted by Gasteiger charge is 2.41. The van der Waals surface area contributed by atoms with E-state index in [4.69, 9.17) is 21.3 Å². The lowest BCUT2D eigenvalue weighted by molar-refractivity contribution is 0.129. The van der Waals surface area contributed by atoms with Gasteiger partial charge in [0, 0.05) is 31.3 Å². The van der Waals surface area contributed by atoms with Crippen LogP contribution in [0.2, 0.25) is 5.02 Å². The third-order valence-electron chi connectivity index (χ3n) is 4.56. The highest BCUT2D eigenvalue weighted by molar-refractivity contribution is 14.0. The highest BCUT2D eigenvalue weighted by Crippen LogP contribution is 2.49. The van der Waals surface area contributed by atoms with Gasteiger partial charge in [-0.25, -0.2) is 0 Å². The van der Waals surface area contributed by atoms with Crippen LogP contribution in [-0.4, -0.2) is 32.3 Å². The molecule has 1 saturated carbocycles. The van der Waals surface area contributed by atoms with E-state index in [1.165, 1.54) is 12.8 Å². The number of nitrogens with zero attached hydrogens (tertiary/aromatic N) is 1. The molecular formula is C19H31ClIN3O. The van der Waals surface area contributed by atoms with Gasteiger partial charge in [-0.05, 0) is 63.1 Å². The molecule has 2 N–H and O–H groups in total. The Morgan fingerprint density at radius 3 is 2.72 bits per heavy atom. The first-order valence-electron chi connectivity index (χ1n) is 8.96. The van der Waals surface area contributed by atoms with Crippen LogP contribution >= 0.6 is 35.6 Å². The van der Waals surface area contributed by atoms with Crippen molar-refractivity contribution in [3.05, 3.63) is 34.9 Å². The fourth-order valence-electron chi connectivity index (χ4n) is 2.73. The summed E-state index contributed by atoms with van der Waals surface area (Å²) in [5, 5.41) is 7.58. The molecule has 25 heavy (non-hydrogen) atoms. The fourth-order valence-corrected chi connectivity index (χ4v) is 2.93. The minimum atomic E-state index is 0. The molecule has 1 aliphatic carbocycles. The lowest BCUT2D eigenvalue weighted by Crippen LogP contribution is -2.39. The molecule has 1 aromatic carbocycles. The zero-order chi connectivity index (χ0) is 17.4. The molecule has 142 valence electrons. The predicted molar refractivity (Wildman–Crippen MR) is 117 cm³/mol. The van der Waals surface area contributed by atoms with E-state index in [2.05, 4.69) is 30.5 Å². The third kappa shape index (κ3) is 7.71. The summed E-state index contributed by atoms with van der Waals surface area (Å²) in [6.45, 7) is 9.60. The van der Waals surface area contributed by atoms with E-state index in [1.54, 1.807) is 0 Å². The average molecular weight is 480 g/mol. The van der Waals surface area contributed by atoms with E-state index in [-0.39, 0.29) is 30.0 Å². The quantitative estimate of drug-likeness (QED) is 0.232. The Balaban J connectivity index is 0.00000312. The number of nitrogens with one attached hydrogen (secondary N) is 2. The van der Waals surface area contributed by atoms with Crippen molar-refractivity contribution in [1.29, 1.82) is 0 Å². The molecule has 0 radical (unpaired) electrons. The smallest absolute Gasteiger partial charge is 0.191 e. The summed E-state index contributed by atoms with van der Waals surface area (Å²) in [6.07, 6.45) is 3.62. The summed E-state index contributed by atoms with van der Waals surface area (Å²) in [6, 6.07) is 8.10. The van der Waals surface area contributed by atoms with E-state index < -0.39 is 0 Å². The van der Waals surface area contributed by atoms with Crippen LogP contribution in [0.5, 0.6) is 0 Å². The highest BCUT2D eigenvalue weighted by atomic mass is 127. The standard InChI is InChI=1S/C19H30ClN3O.HI/c1-4-21-18(22-14-19(9-10-19)11-12-24-5-2)23-15(3)16-7-6-8-17(20)13-16;/h6-8,13,15H,4-5,9-12,14H2,1-3H3,(H2,21,22,23);1H. The number of rotatable bonds is 9. The molecule has 0 saturated heterocycles. The zero-order valence-corrected chi connectivity index (χ0v) is 18.6. The molecule has 4 nitrogen and oxygen atoms in total. The van der Waals surface area contributed by atoms with Gasteiger partial charge in [-0.1, -0.05) is 23.7 Å².